The molecule has 1 aromatic rings. The Morgan fingerprint density at radius 1 is 0.474 bits per heavy atom. The summed E-state index contributed by atoms with van der Waals surface area (Å²) in [5.41, 5.74) is -2.10. The highest BCUT2D eigenvalue weighted by Gasteiger charge is 2.30. The van der Waals surface area contributed by atoms with Crippen molar-refractivity contribution in [1.29, 1.82) is 0 Å². The highest BCUT2D eigenvalue weighted by Crippen LogP contribution is 2.50. The van der Waals surface area contributed by atoms with E-state index in [0.717, 1.165) is 0 Å². The van der Waals surface area contributed by atoms with E-state index < -0.39 is 16.3 Å². The normalized spacial score (nSPS) is 19.9. The first-order chi connectivity index (χ1) is 17.1. The van der Waals surface area contributed by atoms with Gasteiger partial charge in [0.2, 0.25) is 16.3 Å². The van der Waals surface area contributed by atoms with Crippen molar-refractivity contribution in [3.05, 3.63) is 85.0 Å². The molecule has 2 heterocycles. The third-order valence-corrected chi connectivity index (χ3v) is 10.5. The van der Waals surface area contributed by atoms with Crippen LogP contribution in [0.2, 0.25) is 0 Å². The van der Waals surface area contributed by atoms with E-state index in [9.17, 15) is 14.4 Å². The molecule has 0 bridgehead atoms. The molecule has 206 valence electrons. The molecule has 0 atom stereocenters. The summed E-state index contributed by atoms with van der Waals surface area (Å²) in [7, 11) is 0. The Labute approximate surface area is 236 Å². The van der Waals surface area contributed by atoms with Crippen molar-refractivity contribution in [2.24, 2.45) is 33.5 Å². The second-order valence-corrected chi connectivity index (χ2v) is 16.8. The summed E-state index contributed by atoms with van der Waals surface area (Å²) in [5.74, 6) is -0.443. The zero-order chi connectivity index (χ0) is 29.0. The largest absolute Gasteiger partial charge is 0.288 e. The Balaban J connectivity index is 2.22. The molecule has 0 spiro atoms. The lowest BCUT2D eigenvalue weighted by molar-refractivity contribution is 0.515. The van der Waals surface area contributed by atoms with Crippen molar-refractivity contribution in [2.45, 2.75) is 83.1 Å². The molecular weight excluding hydrogens is 508 g/mol. The van der Waals surface area contributed by atoms with Crippen molar-refractivity contribution in [2.75, 3.05) is 0 Å². The first-order valence-electron chi connectivity index (χ1n) is 13.4. The lowest BCUT2D eigenvalue weighted by atomic mass is 9.89. The third kappa shape index (κ3) is 6.83. The zero-order valence-electron chi connectivity index (χ0n) is 25.2. The quantitative estimate of drug-likeness (QED) is 0.385. The van der Waals surface area contributed by atoms with Gasteiger partial charge in [-0.3, -0.25) is 14.4 Å². The van der Waals surface area contributed by atoms with E-state index in [0.29, 0.717) is 0 Å². The third-order valence-electron chi connectivity index (χ3n) is 6.67. The molecule has 2 aliphatic rings. The average molecular weight is 553 g/mol. The maximum atomic E-state index is 13.5. The molecule has 2 aliphatic heterocycles. The van der Waals surface area contributed by atoms with Gasteiger partial charge in [0.1, 0.15) is 0 Å². The van der Waals surface area contributed by atoms with E-state index in [2.05, 4.69) is 107 Å². The first kappa shape index (κ1) is 30.7. The number of rotatable bonds is 2. The van der Waals surface area contributed by atoms with Crippen molar-refractivity contribution in [1.82, 2.24) is 0 Å². The van der Waals surface area contributed by atoms with Crippen molar-refractivity contribution in [3.63, 3.8) is 0 Å². The van der Waals surface area contributed by atoms with Crippen LogP contribution in [0.15, 0.2) is 58.3 Å². The molecule has 0 saturated heterocycles. The summed E-state index contributed by atoms with van der Waals surface area (Å²) in [4.78, 5) is 44.5. The molecule has 3 nitrogen and oxygen atoms in total. The minimum Gasteiger partial charge on any atom is -0.288 e. The van der Waals surface area contributed by atoms with Gasteiger partial charge in [-0.2, -0.15) is 0 Å². The Kier molecular flexibility index (Phi) is 8.30. The predicted molar refractivity (Wildman–Crippen MR) is 168 cm³/mol. The standard InChI is InChI=1S/C33H44O3S2/c1-30(2,3)23-15-19(16-24(37-23)31(4,5)6)13-21-27(34)22(29(36)28(21)35)14-20-17-25(32(7,8)9)38-26(18-20)33(10,11)12/h13-20H,1-12H3. The summed E-state index contributed by atoms with van der Waals surface area (Å²) >= 11 is 3.53. The number of allylic oxidation sites excluding steroid dienone is 8. The summed E-state index contributed by atoms with van der Waals surface area (Å²) in [5, 5.41) is -0.00481. The van der Waals surface area contributed by atoms with Crippen LogP contribution in [0, 0.1) is 33.5 Å². The topological polar surface area (TPSA) is 51.2 Å². The Morgan fingerprint density at radius 3 is 0.921 bits per heavy atom. The van der Waals surface area contributed by atoms with E-state index in [1.807, 2.05) is 0 Å². The molecule has 0 N–H and O–H groups in total. The van der Waals surface area contributed by atoms with Crippen LogP contribution < -0.4 is 26.7 Å². The Morgan fingerprint density at radius 2 is 0.711 bits per heavy atom. The molecule has 3 rings (SSSR count). The Bertz CT molecular complexity index is 1320. The van der Waals surface area contributed by atoms with Gasteiger partial charge in [0, 0.05) is 11.8 Å². The van der Waals surface area contributed by atoms with E-state index in [1.165, 1.54) is 19.6 Å². The van der Waals surface area contributed by atoms with Crippen LogP contribution in [-0.4, -0.2) is 0 Å². The SMILES string of the molecule is CC(C)(C)C1=CC(C=c2c(=O)c(=O)c(=CC3C=C(C(C)(C)C)SC(C(C)(C)C)=C3)c2=O)C=C(C(C)(C)C)S1. The molecule has 1 aromatic carbocycles. The fraction of sp³-hybridized carbons (Fsp3) is 0.545. The molecule has 0 unspecified atom stereocenters. The van der Waals surface area contributed by atoms with E-state index >= 15 is 0 Å². The molecule has 0 radical (unpaired) electrons. The summed E-state index contributed by atoms with van der Waals surface area (Å²) in [6.07, 6.45) is 11.9. The van der Waals surface area contributed by atoms with Crippen LogP contribution in [0.3, 0.4) is 0 Å². The van der Waals surface area contributed by atoms with Gasteiger partial charge in [0.25, 0.3) is 0 Å². The van der Waals surface area contributed by atoms with Gasteiger partial charge < -0.3 is 0 Å². The monoisotopic (exact) mass is 552 g/mol. The van der Waals surface area contributed by atoms with Gasteiger partial charge in [-0.15, -0.1) is 0 Å². The van der Waals surface area contributed by atoms with Gasteiger partial charge in [-0.1, -0.05) is 143 Å². The van der Waals surface area contributed by atoms with Gasteiger partial charge >= 0.3 is 0 Å². The van der Waals surface area contributed by atoms with E-state index in [-0.39, 0.29) is 43.9 Å². The smallest absolute Gasteiger partial charge is 0.237 e. The second-order valence-electron chi connectivity index (χ2n) is 14.6. The highest BCUT2D eigenvalue weighted by atomic mass is 32.2. The van der Waals surface area contributed by atoms with Gasteiger partial charge in [-0.05, 0) is 41.3 Å². The summed E-state index contributed by atoms with van der Waals surface area (Å²) in [6.45, 7) is 26.0. The van der Waals surface area contributed by atoms with Crippen molar-refractivity contribution in [3.8, 4) is 0 Å². The molecule has 0 aliphatic carbocycles. The minimum absolute atomic E-state index is 0.00241. The van der Waals surface area contributed by atoms with Gasteiger partial charge in [0.05, 0.1) is 10.4 Å². The fourth-order valence-electron chi connectivity index (χ4n) is 4.26. The second kappa shape index (κ2) is 10.3. The van der Waals surface area contributed by atoms with Crippen LogP contribution in [-0.2, 0) is 0 Å². The molecular formula is C33H44O3S2. The predicted octanol–water partition coefficient (Wildman–Crippen LogP) is 6.65. The maximum absolute atomic E-state index is 13.5. The Hall–Kier alpha value is -1.85. The highest BCUT2D eigenvalue weighted by molar-refractivity contribution is 8.07. The van der Waals surface area contributed by atoms with Gasteiger partial charge in [0.15, 0.2) is 0 Å². The maximum Gasteiger partial charge on any atom is 0.237 e. The molecule has 0 fully saturated rings. The molecule has 5 heteroatoms. The lowest BCUT2D eigenvalue weighted by Gasteiger charge is -2.33. The van der Waals surface area contributed by atoms with Crippen LogP contribution in [0.1, 0.15) is 83.1 Å². The number of hydrogen-bond acceptors (Lipinski definition) is 5. The molecule has 0 amide bonds. The zero-order valence-corrected chi connectivity index (χ0v) is 26.8. The lowest BCUT2D eigenvalue weighted by Crippen LogP contribution is -2.37. The van der Waals surface area contributed by atoms with E-state index in [4.69, 9.17) is 0 Å². The van der Waals surface area contributed by atoms with E-state index in [1.54, 1.807) is 35.7 Å². The number of thioether (sulfide) groups is 2. The number of hydrogen-bond donors (Lipinski definition) is 0. The molecule has 0 aromatic heterocycles. The van der Waals surface area contributed by atoms with Crippen LogP contribution in [0.25, 0.3) is 12.2 Å². The van der Waals surface area contributed by atoms with Crippen molar-refractivity contribution >= 4 is 35.7 Å². The molecule has 0 saturated carbocycles. The average Bonchev–Trinajstić information content (AvgIpc) is 2.94. The van der Waals surface area contributed by atoms with Gasteiger partial charge in [-0.25, -0.2) is 0 Å². The minimum atomic E-state index is -0.693. The van der Waals surface area contributed by atoms with Crippen molar-refractivity contribution < 1.29 is 0 Å². The van der Waals surface area contributed by atoms with Crippen LogP contribution >= 0.6 is 23.5 Å². The summed E-state index contributed by atoms with van der Waals surface area (Å²) < 4.78 is 0. The van der Waals surface area contributed by atoms with Crippen LogP contribution in [0.4, 0.5) is 0 Å². The molecule has 38 heavy (non-hydrogen) atoms. The summed E-state index contributed by atoms with van der Waals surface area (Å²) in [6, 6.07) is 0. The first-order valence-corrected chi connectivity index (χ1v) is 15.0. The fourth-order valence-corrected chi connectivity index (χ4v) is 6.86. The van der Waals surface area contributed by atoms with Crippen LogP contribution in [0.5, 0.6) is 0 Å².